The average molecular weight is 360 g/mol. The van der Waals surface area contributed by atoms with Gasteiger partial charge in [0.25, 0.3) is 11.5 Å². The maximum absolute atomic E-state index is 12.6. The van der Waals surface area contributed by atoms with Crippen LogP contribution in [0.25, 0.3) is 0 Å². The summed E-state index contributed by atoms with van der Waals surface area (Å²) < 4.78 is 37.7. The summed E-state index contributed by atoms with van der Waals surface area (Å²) in [6.07, 6.45) is -2.20. The van der Waals surface area contributed by atoms with Gasteiger partial charge in [-0.05, 0) is 0 Å². The predicted molar refractivity (Wildman–Crippen MR) is 77.9 cm³/mol. The molecule has 8 nitrogen and oxygen atoms in total. The van der Waals surface area contributed by atoms with Crippen LogP contribution in [-0.4, -0.2) is 57.2 Å². The maximum Gasteiger partial charge on any atom is 0.445 e. The van der Waals surface area contributed by atoms with Gasteiger partial charge in [0.2, 0.25) is 10.1 Å². The third kappa shape index (κ3) is 3.37. The average Bonchev–Trinajstić information content (AvgIpc) is 3.04. The molecule has 0 aliphatic carbocycles. The van der Waals surface area contributed by atoms with Gasteiger partial charge in [0, 0.05) is 26.2 Å². The first-order chi connectivity index (χ1) is 11.3. The van der Waals surface area contributed by atoms with E-state index in [9.17, 15) is 22.8 Å². The van der Waals surface area contributed by atoms with Crippen LogP contribution in [-0.2, 0) is 6.18 Å². The van der Waals surface area contributed by atoms with E-state index in [1.54, 1.807) is 4.90 Å². The molecule has 1 amide bonds. The van der Waals surface area contributed by atoms with E-state index in [1.807, 2.05) is 0 Å². The van der Waals surface area contributed by atoms with Crippen molar-refractivity contribution < 1.29 is 18.0 Å². The smallest absolute Gasteiger partial charge is 0.343 e. The second kappa shape index (κ2) is 6.19. The van der Waals surface area contributed by atoms with E-state index in [0.29, 0.717) is 24.4 Å². The molecular weight excluding hydrogens is 349 g/mol. The second-order valence-electron chi connectivity index (χ2n) is 4.98. The lowest BCUT2D eigenvalue weighted by atomic mass is 10.3. The summed E-state index contributed by atoms with van der Waals surface area (Å²) in [5.41, 5.74) is -0.403. The van der Waals surface area contributed by atoms with Crippen molar-refractivity contribution >= 4 is 22.4 Å². The van der Waals surface area contributed by atoms with Gasteiger partial charge in [-0.25, -0.2) is 0 Å². The number of halogens is 3. The van der Waals surface area contributed by atoms with Crippen LogP contribution in [0, 0.1) is 0 Å². The molecule has 1 aliphatic rings. The molecule has 128 valence electrons. The zero-order valence-electron chi connectivity index (χ0n) is 12.1. The summed E-state index contributed by atoms with van der Waals surface area (Å²) in [4.78, 5) is 32.6. The molecule has 0 spiro atoms. The zero-order valence-corrected chi connectivity index (χ0v) is 12.9. The minimum absolute atomic E-state index is 0.0752. The number of nitrogens with zero attached hydrogens (tertiary/aromatic N) is 5. The van der Waals surface area contributed by atoms with Crippen LogP contribution in [0.2, 0.25) is 0 Å². The van der Waals surface area contributed by atoms with Gasteiger partial charge in [0.1, 0.15) is 5.69 Å². The summed E-state index contributed by atoms with van der Waals surface area (Å²) in [6.45, 7) is 1.22. The molecule has 3 heterocycles. The molecule has 3 rings (SSSR count). The van der Waals surface area contributed by atoms with Crippen LogP contribution >= 0.6 is 11.3 Å². The predicted octanol–water partition coefficient (Wildman–Crippen LogP) is 0.603. The van der Waals surface area contributed by atoms with Crippen molar-refractivity contribution in [3.8, 4) is 0 Å². The van der Waals surface area contributed by atoms with Crippen LogP contribution in [0.4, 0.5) is 18.3 Å². The number of alkyl halides is 3. The first-order valence-corrected chi connectivity index (χ1v) is 7.65. The molecule has 0 atom stereocenters. The number of aromatic nitrogens is 4. The third-order valence-corrected chi connectivity index (χ3v) is 4.41. The van der Waals surface area contributed by atoms with Gasteiger partial charge < -0.3 is 14.8 Å². The van der Waals surface area contributed by atoms with E-state index in [1.165, 1.54) is 11.1 Å². The first kappa shape index (κ1) is 16.4. The van der Waals surface area contributed by atoms with Gasteiger partial charge in [-0.3, -0.25) is 14.6 Å². The number of anilines is 1. The van der Waals surface area contributed by atoms with Gasteiger partial charge in [-0.2, -0.15) is 13.2 Å². The molecule has 1 N–H and O–H groups in total. The van der Waals surface area contributed by atoms with Gasteiger partial charge in [-0.1, -0.05) is 11.3 Å². The lowest BCUT2D eigenvalue weighted by Gasteiger charge is -2.34. The lowest BCUT2D eigenvalue weighted by molar-refractivity contribution is -0.138. The SMILES string of the molecule is O=C(c1cncc(=O)[nH]1)N1CCN(c2nnc(C(F)(F)F)s2)CC1. The molecule has 1 aliphatic heterocycles. The number of carbonyl (C=O) groups is 1. The summed E-state index contributed by atoms with van der Waals surface area (Å²) >= 11 is 0.472. The van der Waals surface area contributed by atoms with E-state index in [-0.39, 0.29) is 29.8 Å². The van der Waals surface area contributed by atoms with E-state index in [0.717, 1.165) is 6.20 Å². The molecule has 0 saturated carbocycles. The highest BCUT2D eigenvalue weighted by atomic mass is 32.1. The molecule has 12 heteroatoms. The fourth-order valence-corrected chi connectivity index (χ4v) is 2.98. The summed E-state index contributed by atoms with van der Waals surface area (Å²) in [7, 11) is 0. The number of amides is 1. The highest BCUT2D eigenvalue weighted by Gasteiger charge is 2.36. The first-order valence-electron chi connectivity index (χ1n) is 6.84. The molecule has 0 radical (unpaired) electrons. The van der Waals surface area contributed by atoms with Crippen LogP contribution in [0.15, 0.2) is 17.2 Å². The summed E-state index contributed by atoms with van der Waals surface area (Å²) in [6, 6.07) is 0. The Bertz CT molecular complexity index is 796. The fourth-order valence-electron chi connectivity index (χ4n) is 2.21. The molecule has 2 aromatic heterocycles. The van der Waals surface area contributed by atoms with E-state index in [2.05, 4.69) is 20.2 Å². The zero-order chi connectivity index (χ0) is 17.3. The van der Waals surface area contributed by atoms with Crippen LogP contribution < -0.4 is 10.5 Å². The van der Waals surface area contributed by atoms with Gasteiger partial charge >= 0.3 is 6.18 Å². The minimum atomic E-state index is -4.51. The molecule has 1 saturated heterocycles. The van der Waals surface area contributed by atoms with Crippen molar-refractivity contribution in [1.29, 1.82) is 0 Å². The Morgan fingerprint density at radius 3 is 2.46 bits per heavy atom. The van der Waals surface area contributed by atoms with Gasteiger partial charge in [0.05, 0.1) is 12.4 Å². The topological polar surface area (TPSA) is 95.1 Å². The second-order valence-corrected chi connectivity index (χ2v) is 5.93. The molecule has 24 heavy (non-hydrogen) atoms. The van der Waals surface area contributed by atoms with Crippen molar-refractivity contribution in [3.63, 3.8) is 0 Å². The van der Waals surface area contributed by atoms with Gasteiger partial charge in [-0.15, -0.1) is 10.2 Å². The Morgan fingerprint density at radius 2 is 1.88 bits per heavy atom. The molecule has 2 aromatic rings. The van der Waals surface area contributed by atoms with E-state index in [4.69, 9.17) is 0 Å². The van der Waals surface area contributed by atoms with Crippen LogP contribution in [0.1, 0.15) is 15.5 Å². The van der Waals surface area contributed by atoms with Crippen LogP contribution in [0.5, 0.6) is 0 Å². The number of rotatable bonds is 2. The highest BCUT2D eigenvalue weighted by molar-refractivity contribution is 7.15. The summed E-state index contributed by atoms with van der Waals surface area (Å²) in [5.74, 6) is -0.381. The van der Waals surface area contributed by atoms with Crippen LogP contribution in [0.3, 0.4) is 0 Å². The molecule has 1 fully saturated rings. The normalized spacial score (nSPS) is 15.6. The fraction of sp³-hybridized carbons (Fsp3) is 0.417. The number of hydrogen-bond acceptors (Lipinski definition) is 7. The molecule has 0 aromatic carbocycles. The molecular formula is C12H11F3N6O2S. The minimum Gasteiger partial charge on any atom is -0.343 e. The van der Waals surface area contributed by atoms with E-state index < -0.39 is 16.7 Å². The number of H-pyrrole nitrogens is 1. The number of piperazine rings is 1. The summed E-state index contributed by atoms with van der Waals surface area (Å²) in [5, 5.41) is 5.88. The number of aromatic amines is 1. The largest absolute Gasteiger partial charge is 0.445 e. The Kier molecular flexibility index (Phi) is 4.22. The van der Waals surface area contributed by atoms with Crippen molar-refractivity contribution in [1.82, 2.24) is 25.1 Å². The van der Waals surface area contributed by atoms with Crippen molar-refractivity contribution in [3.05, 3.63) is 33.4 Å². The Hall–Kier alpha value is -2.50. The number of hydrogen-bond donors (Lipinski definition) is 1. The molecule has 0 unspecified atom stereocenters. The Labute approximate surface area is 136 Å². The quantitative estimate of drug-likeness (QED) is 0.843. The van der Waals surface area contributed by atoms with Crippen molar-refractivity contribution in [2.24, 2.45) is 0 Å². The Morgan fingerprint density at radius 1 is 1.17 bits per heavy atom. The highest BCUT2D eigenvalue weighted by Crippen LogP contribution is 2.34. The maximum atomic E-state index is 12.6. The van der Waals surface area contributed by atoms with Crippen molar-refractivity contribution in [2.75, 3.05) is 31.1 Å². The Balaban J connectivity index is 1.64. The van der Waals surface area contributed by atoms with E-state index >= 15 is 0 Å². The monoisotopic (exact) mass is 360 g/mol. The lowest BCUT2D eigenvalue weighted by Crippen LogP contribution is -2.49. The number of carbonyl (C=O) groups excluding carboxylic acids is 1. The van der Waals surface area contributed by atoms with Crippen molar-refractivity contribution in [2.45, 2.75) is 6.18 Å². The third-order valence-electron chi connectivity index (χ3n) is 3.38. The standard InChI is InChI=1S/C12H11F3N6O2S/c13-12(14,15)10-18-19-11(24-10)21-3-1-20(2-4-21)9(23)7-5-16-6-8(22)17-7/h5-6H,1-4H2,(H,17,22). The van der Waals surface area contributed by atoms with Gasteiger partial charge in [0.15, 0.2) is 0 Å². The molecule has 0 bridgehead atoms. The number of nitrogens with one attached hydrogen (secondary N) is 1.